The van der Waals surface area contributed by atoms with E-state index in [4.69, 9.17) is 21.1 Å². The molecular weight excluding hydrogens is 218 g/mol. The molecule has 0 fully saturated rings. The van der Waals surface area contributed by atoms with Crippen LogP contribution in [0.25, 0.3) is 0 Å². The summed E-state index contributed by atoms with van der Waals surface area (Å²) in [5.41, 5.74) is 5.16. The Kier molecular flexibility index (Phi) is 9.09. The maximum absolute atomic E-state index is 10.0. The molecule has 0 aromatic heterocycles. The number of nitrogens with two attached hydrogens (primary N) is 1. The number of rotatable bonds is 5. The number of hydrogen-bond donors (Lipinski definition) is 4. The molecule has 0 bridgehead atoms. The average molecular weight is 235 g/mol. The molecule has 0 spiro atoms. The molecule has 0 unspecified atom stereocenters. The monoisotopic (exact) mass is 235 g/mol. The second kappa shape index (κ2) is 8.66. The van der Waals surface area contributed by atoms with Crippen molar-refractivity contribution in [2.75, 3.05) is 0 Å². The zero-order valence-electron chi connectivity index (χ0n) is 9.21. The van der Waals surface area contributed by atoms with E-state index in [0.29, 0.717) is 0 Å². The van der Waals surface area contributed by atoms with Crippen molar-refractivity contribution in [2.45, 2.75) is 32.7 Å². The lowest BCUT2D eigenvalue weighted by molar-refractivity contribution is -0.143. The Morgan fingerprint density at radius 2 is 1.31 bits per heavy atom. The standard InChI is InChI=1S/C5H11NO2.C4H6O4/c1-3(2)4(6)5(7)8;5-3(6)1-2-4(7)8/h3-4H,6H2,1-2H3,(H,7,8);1-2H2,(H,5,6)(H,7,8)/t4-;/m0./s1. The van der Waals surface area contributed by atoms with Crippen LogP contribution in [0, 0.1) is 5.92 Å². The minimum Gasteiger partial charge on any atom is -0.481 e. The second-order valence-corrected chi connectivity index (χ2v) is 3.40. The van der Waals surface area contributed by atoms with Gasteiger partial charge in [-0.15, -0.1) is 0 Å². The van der Waals surface area contributed by atoms with Gasteiger partial charge in [0, 0.05) is 0 Å². The number of carboxylic acid groups (broad SMARTS) is 3. The summed E-state index contributed by atoms with van der Waals surface area (Å²) < 4.78 is 0. The van der Waals surface area contributed by atoms with Crippen molar-refractivity contribution in [3.63, 3.8) is 0 Å². The molecule has 0 aromatic carbocycles. The Hall–Kier alpha value is -1.63. The third-order valence-corrected chi connectivity index (χ3v) is 1.56. The highest BCUT2D eigenvalue weighted by molar-refractivity contribution is 5.75. The first-order chi connectivity index (χ1) is 7.18. The van der Waals surface area contributed by atoms with E-state index >= 15 is 0 Å². The van der Waals surface area contributed by atoms with E-state index in [-0.39, 0.29) is 18.8 Å². The van der Waals surface area contributed by atoms with Crippen LogP contribution >= 0.6 is 0 Å². The lowest BCUT2D eigenvalue weighted by atomic mass is 10.1. The average Bonchev–Trinajstić information content (AvgIpc) is 2.14. The summed E-state index contributed by atoms with van der Waals surface area (Å²) >= 11 is 0. The molecule has 0 aliphatic carbocycles. The normalized spacial score (nSPS) is 11.2. The van der Waals surface area contributed by atoms with Gasteiger partial charge in [0.2, 0.25) is 0 Å². The molecule has 7 heteroatoms. The van der Waals surface area contributed by atoms with Crippen LogP contribution in [0.5, 0.6) is 0 Å². The van der Waals surface area contributed by atoms with Crippen molar-refractivity contribution in [2.24, 2.45) is 11.7 Å². The van der Waals surface area contributed by atoms with Crippen molar-refractivity contribution in [3.05, 3.63) is 0 Å². The Labute approximate surface area is 92.9 Å². The van der Waals surface area contributed by atoms with Crippen LogP contribution in [-0.4, -0.2) is 39.3 Å². The molecular formula is C9H17NO6. The maximum Gasteiger partial charge on any atom is 0.320 e. The Bertz CT molecular complexity index is 236. The van der Waals surface area contributed by atoms with Gasteiger partial charge in [-0.25, -0.2) is 0 Å². The highest BCUT2D eigenvalue weighted by Crippen LogP contribution is 1.96. The van der Waals surface area contributed by atoms with Crippen molar-refractivity contribution in [3.8, 4) is 0 Å². The summed E-state index contributed by atoms with van der Waals surface area (Å²) in [6.07, 6.45) is -0.593. The van der Waals surface area contributed by atoms with Crippen LogP contribution in [0.1, 0.15) is 26.7 Å². The zero-order valence-corrected chi connectivity index (χ0v) is 9.21. The van der Waals surface area contributed by atoms with Crippen LogP contribution < -0.4 is 5.73 Å². The molecule has 0 rings (SSSR count). The quantitative estimate of drug-likeness (QED) is 0.525. The van der Waals surface area contributed by atoms with Gasteiger partial charge in [0.05, 0.1) is 12.8 Å². The van der Waals surface area contributed by atoms with E-state index in [0.717, 1.165) is 0 Å². The number of hydrogen-bond acceptors (Lipinski definition) is 4. The van der Waals surface area contributed by atoms with E-state index < -0.39 is 23.9 Å². The summed E-state index contributed by atoms with van der Waals surface area (Å²) in [6, 6.07) is -0.713. The van der Waals surface area contributed by atoms with Gasteiger partial charge in [-0.3, -0.25) is 14.4 Å². The predicted molar refractivity (Wildman–Crippen MR) is 55.0 cm³/mol. The third-order valence-electron chi connectivity index (χ3n) is 1.56. The summed E-state index contributed by atoms with van der Waals surface area (Å²) in [5, 5.41) is 24.0. The molecule has 5 N–H and O–H groups in total. The Morgan fingerprint density at radius 3 is 1.38 bits per heavy atom. The van der Waals surface area contributed by atoms with Gasteiger partial charge in [-0.1, -0.05) is 13.8 Å². The lowest BCUT2D eigenvalue weighted by Gasteiger charge is -2.07. The van der Waals surface area contributed by atoms with E-state index in [1.807, 2.05) is 0 Å². The van der Waals surface area contributed by atoms with Gasteiger partial charge in [0.25, 0.3) is 0 Å². The van der Waals surface area contributed by atoms with Gasteiger partial charge < -0.3 is 21.1 Å². The topological polar surface area (TPSA) is 138 Å². The summed E-state index contributed by atoms with van der Waals surface area (Å²) in [7, 11) is 0. The van der Waals surface area contributed by atoms with Gasteiger partial charge >= 0.3 is 17.9 Å². The smallest absolute Gasteiger partial charge is 0.320 e. The van der Waals surface area contributed by atoms with Crippen LogP contribution in [0.3, 0.4) is 0 Å². The first kappa shape index (κ1) is 16.8. The van der Waals surface area contributed by atoms with Crippen LogP contribution in [0.2, 0.25) is 0 Å². The highest BCUT2D eigenvalue weighted by atomic mass is 16.4. The fourth-order valence-corrected chi connectivity index (χ4v) is 0.499. The summed E-state index contributed by atoms with van der Waals surface area (Å²) in [6.45, 7) is 3.55. The first-order valence-corrected chi connectivity index (χ1v) is 4.60. The number of aliphatic carboxylic acids is 3. The van der Waals surface area contributed by atoms with Gasteiger partial charge in [0.15, 0.2) is 0 Å². The van der Waals surface area contributed by atoms with Gasteiger partial charge in [-0.2, -0.15) is 0 Å². The molecule has 0 saturated heterocycles. The van der Waals surface area contributed by atoms with Gasteiger partial charge in [-0.05, 0) is 5.92 Å². The largest absolute Gasteiger partial charge is 0.481 e. The molecule has 7 nitrogen and oxygen atoms in total. The zero-order chi connectivity index (χ0) is 13.3. The van der Waals surface area contributed by atoms with Crippen LogP contribution in [0.4, 0.5) is 0 Å². The minimum absolute atomic E-state index is 0.0208. The summed E-state index contributed by atoms with van der Waals surface area (Å²) in [4.78, 5) is 29.3. The summed E-state index contributed by atoms with van der Waals surface area (Å²) in [5.74, 6) is -3.06. The van der Waals surface area contributed by atoms with E-state index in [1.165, 1.54) is 0 Å². The fraction of sp³-hybridized carbons (Fsp3) is 0.667. The molecule has 0 aromatic rings. The van der Waals surface area contributed by atoms with E-state index in [9.17, 15) is 14.4 Å². The highest BCUT2D eigenvalue weighted by Gasteiger charge is 2.14. The molecule has 1 atom stereocenters. The van der Waals surface area contributed by atoms with Crippen LogP contribution in [0.15, 0.2) is 0 Å². The molecule has 0 heterocycles. The molecule has 0 radical (unpaired) electrons. The van der Waals surface area contributed by atoms with Crippen LogP contribution in [-0.2, 0) is 14.4 Å². The first-order valence-electron chi connectivity index (χ1n) is 4.60. The molecule has 0 aliphatic rings. The van der Waals surface area contributed by atoms with Gasteiger partial charge in [0.1, 0.15) is 6.04 Å². The molecule has 0 aliphatic heterocycles. The van der Waals surface area contributed by atoms with E-state index in [1.54, 1.807) is 13.8 Å². The fourth-order valence-electron chi connectivity index (χ4n) is 0.499. The molecule has 94 valence electrons. The van der Waals surface area contributed by atoms with Crippen molar-refractivity contribution < 1.29 is 29.7 Å². The maximum atomic E-state index is 10.0. The van der Waals surface area contributed by atoms with E-state index in [2.05, 4.69) is 0 Å². The second-order valence-electron chi connectivity index (χ2n) is 3.40. The number of carboxylic acids is 3. The molecule has 0 amide bonds. The molecule has 0 saturated carbocycles. The minimum atomic E-state index is -1.08. The van der Waals surface area contributed by atoms with Crippen molar-refractivity contribution in [1.29, 1.82) is 0 Å². The molecule has 16 heavy (non-hydrogen) atoms. The third kappa shape index (κ3) is 12.4. The van der Waals surface area contributed by atoms with Crippen molar-refractivity contribution >= 4 is 17.9 Å². The lowest BCUT2D eigenvalue weighted by Crippen LogP contribution is -2.34. The Morgan fingerprint density at radius 1 is 1.00 bits per heavy atom. The SMILES string of the molecule is CC(C)[C@H](N)C(=O)O.O=C(O)CCC(=O)O. The Balaban J connectivity index is 0. The van der Waals surface area contributed by atoms with Crippen molar-refractivity contribution in [1.82, 2.24) is 0 Å². The number of carbonyl (C=O) groups is 3. The predicted octanol–water partition coefficient (Wildman–Crippen LogP) is -0.00990.